The predicted octanol–water partition coefficient (Wildman–Crippen LogP) is 3.75. The molecular weight excluding hydrogens is 198 g/mol. The number of nitrogens with two attached hydrogens (primary N) is 1. The SMILES string of the molecule is CCCC(CCC)OCc1cccc(N)c1. The monoisotopic (exact) mass is 221 g/mol. The van der Waals surface area contributed by atoms with Crippen LogP contribution < -0.4 is 5.73 Å². The summed E-state index contributed by atoms with van der Waals surface area (Å²) in [5.41, 5.74) is 7.70. The minimum absolute atomic E-state index is 0.399. The van der Waals surface area contributed by atoms with E-state index < -0.39 is 0 Å². The summed E-state index contributed by atoms with van der Waals surface area (Å²) in [5, 5.41) is 0. The standard InChI is InChI=1S/C14H23NO/c1-3-6-14(7-4-2)16-11-12-8-5-9-13(15)10-12/h5,8-10,14H,3-4,6-7,11,15H2,1-2H3. The lowest BCUT2D eigenvalue weighted by atomic mass is 10.1. The molecule has 2 heteroatoms. The van der Waals surface area contributed by atoms with Crippen molar-refractivity contribution in [3.8, 4) is 0 Å². The Morgan fingerprint density at radius 3 is 2.44 bits per heavy atom. The Bertz CT molecular complexity index is 293. The maximum absolute atomic E-state index is 5.91. The molecule has 0 unspecified atom stereocenters. The van der Waals surface area contributed by atoms with Gasteiger partial charge in [-0.3, -0.25) is 0 Å². The van der Waals surface area contributed by atoms with Crippen LogP contribution in [-0.2, 0) is 11.3 Å². The van der Waals surface area contributed by atoms with Crippen LogP contribution >= 0.6 is 0 Å². The van der Waals surface area contributed by atoms with Crippen molar-refractivity contribution in [3.05, 3.63) is 29.8 Å². The molecular formula is C14H23NO. The average molecular weight is 221 g/mol. The molecule has 2 nitrogen and oxygen atoms in total. The number of hydrogen-bond donors (Lipinski definition) is 1. The van der Waals surface area contributed by atoms with Crippen molar-refractivity contribution in [2.75, 3.05) is 5.73 Å². The van der Waals surface area contributed by atoms with Crippen LogP contribution in [0.5, 0.6) is 0 Å². The number of benzene rings is 1. The lowest BCUT2D eigenvalue weighted by Gasteiger charge is -2.16. The summed E-state index contributed by atoms with van der Waals surface area (Å²) in [6.07, 6.45) is 5.06. The van der Waals surface area contributed by atoms with Gasteiger partial charge in [0, 0.05) is 5.69 Å². The van der Waals surface area contributed by atoms with Gasteiger partial charge in [0.1, 0.15) is 0 Å². The number of anilines is 1. The first-order valence-corrected chi connectivity index (χ1v) is 6.22. The zero-order chi connectivity index (χ0) is 11.8. The summed E-state index contributed by atoms with van der Waals surface area (Å²) < 4.78 is 5.91. The minimum Gasteiger partial charge on any atom is -0.399 e. The molecule has 0 atom stereocenters. The molecule has 0 aliphatic rings. The third kappa shape index (κ3) is 4.67. The lowest BCUT2D eigenvalue weighted by Crippen LogP contribution is -2.12. The molecule has 0 aliphatic heterocycles. The highest BCUT2D eigenvalue weighted by Crippen LogP contribution is 2.14. The van der Waals surface area contributed by atoms with Crippen LogP contribution in [0.2, 0.25) is 0 Å². The van der Waals surface area contributed by atoms with E-state index >= 15 is 0 Å². The molecule has 0 aromatic heterocycles. The van der Waals surface area contributed by atoms with Gasteiger partial charge in [0.25, 0.3) is 0 Å². The van der Waals surface area contributed by atoms with Gasteiger partial charge in [0.05, 0.1) is 12.7 Å². The highest BCUT2D eigenvalue weighted by atomic mass is 16.5. The van der Waals surface area contributed by atoms with Crippen molar-refractivity contribution in [1.29, 1.82) is 0 Å². The molecule has 0 amide bonds. The Kier molecular flexibility index (Phi) is 5.94. The van der Waals surface area contributed by atoms with Crippen LogP contribution in [0.15, 0.2) is 24.3 Å². The molecule has 16 heavy (non-hydrogen) atoms. The average Bonchev–Trinajstić information content (AvgIpc) is 2.27. The number of ether oxygens (including phenoxy) is 1. The summed E-state index contributed by atoms with van der Waals surface area (Å²) >= 11 is 0. The van der Waals surface area contributed by atoms with Gasteiger partial charge in [-0.25, -0.2) is 0 Å². The maximum Gasteiger partial charge on any atom is 0.0721 e. The fourth-order valence-corrected chi connectivity index (χ4v) is 1.85. The maximum atomic E-state index is 5.91. The van der Waals surface area contributed by atoms with E-state index in [4.69, 9.17) is 10.5 Å². The van der Waals surface area contributed by atoms with E-state index in [1.165, 1.54) is 12.8 Å². The molecule has 0 spiro atoms. The zero-order valence-electron chi connectivity index (χ0n) is 10.4. The van der Waals surface area contributed by atoms with Crippen molar-refractivity contribution in [3.63, 3.8) is 0 Å². The second-order valence-corrected chi connectivity index (χ2v) is 4.26. The molecule has 0 saturated carbocycles. The second kappa shape index (κ2) is 7.29. The summed E-state index contributed by atoms with van der Waals surface area (Å²) in [5.74, 6) is 0. The second-order valence-electron chi connectivity index (χ2n) is 4.26. The van der Waals surface area contributed by atoms with E-state index in [0.29, 0.717) is 12.7 Å². The van der Waals surface area contributed by atoms with Crippen LogP contribution in [0.1, 0.15) is 45.1 Å². The Morgan fingerprint density at radius 1 is 1.19 bits per heavy atom. The van der Waals surface area contributed by atoms with Crippen molar-refractivity contribution < 1.29 is 4.74 Å². The Hall–Kier alpha value is -1.02. The predicted molar refractivity (Wildman–Crippen MR) is 69.2 cm³/mol. The summed E-state index contributed by atoms with van der Waals surface area (Å²) in [7, 11) is 0. The minimum atomic E-state index is 0.399. The molecule has 0 heterocycles. The zero-order valence-corrected chi connectivity index (χ0v) is 10.4. The van der Waals surface area contributed by atoms with Crippen LogP contribution in [0.3, 0.4) is 0 Å². The molecule has 0 saturated heterocycles. The van der Waals surface area contributed by atoms with E-state index in [0.717, 1.165) is 24.1 Å². The number of hydrogen-bond acceptors (Lipinski definition) is 2. The smallest absolute Gasteiger partial charge is 0.0721 e. The van der Waals surface area contributed by atoms with E-state index in [9.17, 15) is 0 Å². The van der Waals surface area contributed by atoms with Gasteiger partial charge in [-0.15, -0.1) is 0 Å². The molecule has 90 valence electrons. The largest absolute Gasteiger partial charge is 0.399 e. The molecule has 1 aromatic carbocycles. The fraction of sp³-hybridized carbons (Fsp3) is 0.571. The summed E-state index contributed by atoms with van der Waals surface area (Å²) in [6, 6.07) is 7.92. The molecule has 0 radical (unpaired) electrons. The van der Waals surface area contributed by atoms with E-state index in [1.54, 1.807) is 0 Å². The van der Waals surface area contributed by atoms with Crippen molar-refractivity contribution in [2.24, 2.45) is 0 Å². The van der Waals surface area contributed by atoms with Gasteiger partial charge in [-0.2, -0.15) is 0 Å². The molecule has 0 aliphatic carbocycles. The molecule has 0 bridgehead atoms. The quantitative estimate of drug-likeness (QED) is 0.712. The van der Waals surface area contributed by atoms with E-state index in [1.807, 2.05) is 18.2 Å². The topological polar surface area (TPSA) is 35.2 Å². The fourth-order valence-electron chi connectivity index (χ4n) is 1.85. The van der Waals surface area contributed by atoms with Gasteiger partial charge < -0.3 is 10.5 Å². The molecule has 1 rings (SSSR count). The van der Waals surface area contributed by atoms with Crippen LogP contribution in [0.4, 0.5) is 5.69 Å². The Morgan fingerprint density at radius 2 is 1.88 bits per heavy atom. The molecule has 0 fully saturated rings. The number of nitrogen functional groups attached to an aromatic ring is 1. The highest BCUT2D eigenvalue weighted by molar-refractivity contribution is 5.40. The van der Waals surface area contributed by atoms with Crippen molar-refractivity contribution in [1.82, 2.24) is 0 Å². The Balaban J connectivity index is 2.41. The Labute approximate surface area is 98.8 Å². The first kappa shape index (κ1) is 13.0. The third-order valence-corrected chi connectivity index (χ3v) is 2.66. The van der Waals surface area contributed by atoms with Gasteiger partial charge in [-0.1, -0.05) is 38.8 Å². The summed E-state index contributed by atoms with van der Waals surface area (Å²) in [4.78, 5) is 0. The van der Waals surface area contributed by atoms with Crippen molar-refractivity contribution >= 4 is 5.69 Å². The van der Waals surface area contributed by atoms with Gasteiger partial charge >= 0.3 is 0 Å². The van der Waals surface area contributed by atoms with Crippen molar-refractivity contribution in [2.45, 2.75) is 52.2 Å². The number of rotatable bonds is 7. The van der Waals surface area contributed by atoms with Gasteiger partial charge in [0.2, 0.25) is 0 Å². The van der Waals surface area contributed by atoms with Gasteiger partial charge in [0.15, 0.2) is 0 Å². The lowest BCUT2D eigenvalue weighted by molar-refractivity contribution is 0.0286. The third-order valence-electron chi connectivity index (χ3n) is 2.66. The van der Waals surface area contributed by atoms with Crippen LogP contribution in [0.25, 0.3) is 0 Å². The van der Waals surface area contributed by atoms with Crippen LogP contribution in [-0.4, -0.2) is 6.10 Å². The summed E-state index contributed by atoms with van der Waals surface area (Å²) in [6.45, 7) is 5.08. The normalized spacial score (nSPS) is 10.9. The highest BCUT2D eigenvalue weighted by Gasteiger charge is 2.06. The van der Waals surface area contributed by atoms with E-state index in [-0.39, 0.29) is 0 Å². The first-order chi connectivity index (χ1) is 7.76. The van der Waals surface area contributed by atoms with E-state index in [2.05, 4.69) is 19.9 Å². The first-order valence-electron chi connectivity index (χ1n) is 6.22. The van der Waals surface area contributed by atoms with Crippen LogP contribution in [0, 0.1) is 0 Å². The molecule has 2 N–H and O–H groups in total. The molecule has 1 aromatic rings. The van der Waals surface area contributed by atoms with Gasteiger partial charge in [-0.05, 0) is 30.5 Å².